The fourth-order valence-corrected chi connectivity index (χ4v) is 3.72. The molecule has 1 aromatic carbocycles. The number of carbonyl (C=O) groups excluding carboxylic acids is 1. The molecule has 2 N–H and O–H groups in total. The number of rotatable bonds is 3. The lowest BCUT2D eigenvalue weighted by molar-refractivity contribution is -0.121. The molecule has 0 spiro atoms. The summed E-state index contributed by atoms with van der Waals surface area (Å²) in [6.45, 7) is 5.42. The van der Waals surface area contributed by atoms with Gasteiger partial charge in [-0.3, -0.25) is 4.79 Å². The molecule has 0 saturated carbocycles. The van der Waals surface area contributed by atoms with Crippen LogP contribution in [-0.4, -0.2) is 31.7 Å². The van der Waals surface area contributed by atoms with E-state index in [1.165, 1.54) is 6.07 Å². The van der Waals surface area contributed by atoms with E-state index in [9.17, 15) is 9.59 Å². The van der Waals surface area contributed by atoms with Gasteiger partial charge in [0.15, 0.2) is 5.58 Å². The number of carbonyl (C=O) groups is 1. The molecule has 136 valence electrons. The second kappa shape index (κ2) is 6.17. The lowest BCUT2D eigenvalue weighted by Crippen LogP contribution is -2.44. The first kappa shape index (κ1) is 16.7. The van der Waals surface area contributed by atoms with Crippen molar-refractivity contribution in [2.45, 2.75) is 26.4 Å². The minimum absolute atomic E-state index is 0.167. The average molecular weight is 356 g/mol. The van der Waals surface area contributed by atoms with E-state index in [1.807, 2.05) is 26.0 Å². The summed E-state index contributed by atoms with van der Waals surface area (Å²) in [7, 11) is 0. The Morgan fingerprint density at radius 3 is 2.88 bits per heavy atom. The van der Waals surface area contributed by atoms with E-state index in [4.69, 9.17) is 19.3 Å². The molecule has 0 radical (unpaired) electrons. The Hall–Kier alpha value is -2.80. The van der Waals surface area contributed by atoms with Gasteiger partial charge in [0.1, 0.15) is 11.3 Å². The number of fused-ring (bicyclic) bond motifs is 3. The van der Waals surface area contributed by atoms with E-state index in [0.29, 0.717) is 30.9 Å². The molecule has 1 aliphatic heterocycles. The van der Waals surface area contributed by atoms with Crippen LogP contribution in [0, 0.1) is 13.8 Å². The van der Waals surface area contributed by atoms with Gasteiger partial charge in [0.05, 0.1) is 30.2 Å². The first-order valence-corrected chi connectivity index (χ1v) is 8.55. The summed E-state index contributed by atoms with van der Waals surface area (Å²) in [5, 5.41) is 1.65. The number of ether oxygens (including phenoxy) is 1. The maximum absolute atomic E-state index is 11.9. The molecule has 0 bridgehead atoms. The van der Waals surface area contributed by atoms with Crippen molar-refractivity contribution in [3.8, 4) is 0 Å². The molecule has 7 heteroatoms. The van der Waals surface area contributed by atoms with E-state index < -0.39 is 5.91 Å². The van der Waals surface area contributed by atoms with Gasteiger partial charge in [0.2, 0.25) is 5.91 Å². The van der Waals surface area contributed by atoms with E-state index in [-0.39, 0.29) is 18.2 Å². The Balaban J connectivity index is 1.89. The smallest absolute Gasteiger partial charge is 0.336 e. The van der Waals surface area contributed by atoms with E-state index in [1.54, 1.807) is 0 Å². The minimum Gasteiger partial charge on any atom is -0.459 e. The van der Waals surface area contributed by atoms with Crippen LogP contribution < -0.4 is 16.3 Å². The molecule has 3 heterocycles. The molecule has 1 atom stereocenters. The van der Waals surface area contributed by atoms with Crippen LogP contribution in [0.3, 0.4) is 0 Å². The lowest BCUT2D eigenvalue weighted by Gasteiger charge is -2.33. The first-order chi connectivity index (χ1) is 12.4. The van der Waals surface area contributed by atoms with Gasteiger partial charge < -0.3 is 24.2 Å². The van der Waals surface area contributed by atoms with Crippen LogP contribution in [0.15, 0.2) is 31.8 Å². The zero-order chi connectivity index (χ0) is 18.4. The fraction of sp³-hybridized carbons (Fsp3) is 0.368. The van der Waals surface area contributed by atoms with Gasteiger partial charge in [-0.2, -0.15) is 0 Å². The number of morpholine rings is 1. The normalized spacial score (nSPS) is 17.9. The summed E-state index contributed by atoms with van der Waals surface area (Å²) in [4.78, 5) is 25.3. The first-order valence-electron chi connectivity index (χ1n) is 8.55. The second-order valence-corrected chi connectivity index (χ2v) is 6.68. The Morgan fingerprint density at radius 2 is 2.12 bits per heavy atom. The number of furan rings is 1. The summed E-state index contributed by atoms with van der Waals surface area (Å²) in [5.74, 6) is 0.342. The molecule has 1 amide bonds. The minimum atomic E-state index is -0.391. The molecule has 1 aliphatic rings. The van der Waals surface area contributed by atoms with E-state index >= 15 is 0 Å². The van der Waals surface area contributed by atoms with Crippen molar-refractivity contribution in [2.24, 2.45) is 5.73 Å². The molecule has 1 fully saturated rings. The molecule has 1 unspecified atom stereocenters. The predicted molar refractivity (Wildman–Crippen MR) is 97.5 cm³/mol. The van der Waals surface area contributed by atoms with Gasteiger partial charge in [-0.15, -0.1) is 0 Å². The van der Waals surface area contributed by atoms with Crippen LogP contribution in [0.5, 0.6) is 0 Å². The third-order valence-electron chi connectivity index (χ3n) is 4.80. The topological polar surface area (TPSA) is 98.9 Å². The molecular weight excluding hydrogens is 336 g/mol. The molecule has 4 rings (SSSR count). The van der Waals surface area contributed by atoms with Crippen molar-refractivity contribution in [3.63, 3.8) is 0 Å². The van der Waals surface area contributed by atoms with Crippen molar-refractivity contribution >= 4 is 33.5 Å². The quantitative estimate of drug-likeness (QED) is 0.723. The van der Waals surface area contributed by atoms with Crippen LogP contribution >= 0.6 is 0 Å². The Kier molecular flexibility index (Phi) is 3.96. The van der Waals surface area contributed by atoms with Gasteiger partial charge in [0, 0.05) is 24.5 Å². The maximum Gasteiger partial charge on any atom is 0.336 e. The Labute approximate surface area is 149 Å². The molecule has 1 saturated heterocycles. The molecule has 3 aromatic rings. The van der Waals surface area contributed by atoms with E-state index in [0.717, 1.165) is 27.8 Å². The Bertz CT molecular complexity index is 1070. The summed E-state index contributed by atoms with van der Waals surface area (Å²) in [5.41, 5.74) is 7.84. The number of hydrogen-bond donors (Lipinski definition) is 1. The van der Waals surface area contributed by atoms with Crippen molar-refractivity contribution in [3.05, 3.63) is 39.9 Å². The van der Waals surface area contributed by atoms with E-state index in [2.05, 4.69) is 4.90 Å². The van der Waals surface area contributed by atoms with Gasteiger partial charge in [-0.25, -0.2) is 4.79 Å². The zero-order valence-electron chi connectivity index (χ0n) is 14.7. The Morgan fingerprint density at radius 1 is 1.31 bits per heavy atom. The molecule has 0 aliphatic carbocycles. The number of nitrogens with two attached hydrogens (primary N) is 1. The average Bonchev–Trinajstić information content (AvgIpc) is 2.90. The number of anilines is 1. The molecule has 2 aromatic heterocycles. The summed E-state index contributed by atoms with van der Waals surface area (Å²) in [6.07, 6.45) is -0.102. The van der Waals surface area contributed by atoms with Crippen LogP contribution in [0.25, 0.3) is 21.9 Å². The summed E-state index contributed by atoms with van der Waals surface area (Å²) < 4.78 is 17.1. The number of benzene rings is 1. The maximum atomic E-state index is 11.9. The van der Waals surface area contributed by atoms with Crippen molar-refractivity contribution < 1.29 is 18.4 Å². The van der Waals surface area contributed by atoms with Crippen LogP contribution in [0.1, 0.15) is 17.7 Å². The van der Waals surface area contributed by atoms with Gasteiger partial charge in [-0.05, 0) is 31.5 Å². The number of primary amides is 1. The summed E-state index contributed by atoms with van der Waals surface area (Å²) in [6, 6.07) is 5.28. The SMILES string of the molecule is Cc1oc2ccc3c(C)cc(=O)oc3c2c1N1CCOC(CC(N)=O)C1. The third-order valence-corrected chi connectivity index (χ3v) is 4.80. The molecule has 26 heavy (non-hydrogen) atoms. The standard InChI is InChI=1S/C19H20N2O5/c1-10-7-16(23)26-19-13(10)3-4-14-17(19)18(11(2)25-14)21-5-6-24-12(9-21)8-15(20)22/h3-4,7,12H,5-6,8-9H2,1-2H3,(H2,20,22). The van der Waals surface area contributed by atoms with Crippen molar-refractivity contribution in [2.75, 3.05) is 24.6 Å². The van der Waals surface area contributed by atoms with Crippen LogP contribution in [0.4, 0.5) is 5.69 Å². The zero-order valence-corrected chi connectivity index (χ0v) is 14.7. The van der Waals surface area contributed by atoms with Crippen LogP contribution in [0.2, 0.25) is 0 Å². The second-order valence-electron chi connectivity index (χ2n) is 6.68. The fourth-order valence-electron chi connectivity index (χ4n) is 3.72. The highest BCUT2D eigenvalue weighted by atomic mass is 16.5. The third kappa shape index (κ3) is 2.74. The highest BCUT2D eigenvalue weighted by Crippen LogP contribution is 2.39. The number of amides is 1. The molecule has 7 nitrogen and oxygen atoms in total. The van der Waals surface area contributed by atoms with Crippen LogP contribution in [-0.2, 0) is 9.53 Å². The number of hydrogen-bond acceptors (Lipinski definition) is 6. The van der Waals surface area contributed by atoms with Crippen molar-refractivity contribution in [1.29, 1.82) is 0 Å². The number of aryl methyl sites for hydroxylation is 2. The summed E-state index contributed by atoms with van der Waals surface area (Å²) >= 11 is 0. The lowest BCUT2D eigenvalue weighted by atomic mass is 10.1. The van der Waals surface area contributed by atoms with Gasteiger partial charge in [-0.1, -0.05) is 0 Å². The van der Waals surface area contributed by atoms with Gasteiger partial charge in [0.25, 0.3) is 0 Å². The number of nitrogens with zero attached hydrogens (tertiary/aromatic N) is 1. The monoisotopic (exact) mass is 356 g/mol. The highest BCUT2D eigenvalue weighted by molar-refractivity contribution is 6.10. The van der Waals surface area contributed by atoms with Crippen molar-refractivity contribution in [1.82, 2.24) is 0 Å². The highest BCUT2D eigenvalue weighted by Gasteiger charge is 2.27. The van der Waals surface area contributed by atoms with Gasteiger partial charge >= 0.3 is 5.63 Å². The molecular formula is C19H20N2O5. The largest absolute Gasteiger partial charge is 0.459 e. The predicted octanol–water partition coefficient (Wildman–Crippen LogP) is 2.24.